The predicted octanol–water partition coefficient (Wildman–Crippen LogP) is 3.17. The van der Waals surface area contributed by atoms with Crippen LogP contribution < -0.4 is 5.32 Å². The Kier molecular flexibility index (Phi) is 4.35. The molecule has 4 rings (SSSR count). The molecule has 1 aliphatic carbocycles. The van der Waals surface area contributed by atoms with Gasteiger partial charge in [0.25, 0.3) is 0 Å². The zero-order chi connectivity index (χ0) is 17.9. The van der Waals surface area contributed by atoms with E-state index in [1.807, 2.05) is 43.6 Å². The summed E-state index contributed by atoms with van der Waals surface area (Å²) in [4.78, 5) is 16.4. The number of nitrogens with one attached hydrogen (secondary N) is 1. The van der Waals surface area contributed by atoms with E-state index in [9.17, 15) is 4.79 Å². The lowest BCUT2D eigenvalue weighted by molar-refractivity contribution is -0.116. The Bertz CT molecular complexity index is 945. The van der Waals surface area contributed by atoms with Gasteiger partial charge in [-0.25, -0.2) is 0 Å². The van der Waals surface area contributed by atoms with Crippen molar-refractivity contribution < 1.29 is 4.79 Å². The van der Waals surface area contributed by atoms with Gasteiger partial charge < -0.3 is 5.32 Å². The van der Waals surface area contributed by atoms with Crippen LogP contribution in [0.5, 0.6) is 0 Å². The first-order chi connectivity index (χ1) is 12.7. The van der Waals surface area contributed by atoms with Gasteiger partial charge in [0.15, 0.2) is 0 Å². The normalized spacial score (nSPS) is 18.8. The minimum atomic E-state index is -0.0746. The Morgan fingerprint density at radius 1 is 1.23 bits per heavy atom. The maximum absolute atomic E-state index is 12.3. The van der Waals surface area contributed by atoms with Crippen molar-refractivity contribution in [2.75, 3.05) is 0 Å². The molecule has 0 spiro atoms. The molecule has 1 fully saturated rings. The summed E-state index contributed by atoms with van der Waals surface area (Å²) >= 11 is 0. The minimum Gasteiger partial charge on any atom is -0.349 e. The van der Waals surface area contributed by atoms with Crippen LogP contribution in [0.2, 0.25) is 0 Å². The van der Waals surface area contributed by atoms with Crippen molar-refractivity contribution >= 4 is 12.0 Å². The molecular weight excluding hydrogens is 324 g/mol. The van der Waals surface area contributed by atoms with Gasteiger partial charge >= 0.3 is 0 Å². The molecule has 1 unspecified atom stereocenters. The second kappa shape index (κ2) is 6.96. The van der Waals surface area contributed by atoms with Crippen LogP contribution in [0.1, 0.15) is 23.5 Å². The van der Waals surface area contributed by atoms with E-state index in [0.717, 1.165) is 23.1 Å². The first-order valence-corrected chi connectivity index (χ1v) is 8.67. The molecule has 1 saturated carbocycles. The minimum absolute atomic E-state index is 0.0746. The highest BCUT2D eigenvalue weighted by Crippen LogP contribution is 2.40. The zero-order valence-electron chi connectivity index (χ0n) is 14.5. The van der Waals surface area contributed by atoms with Gasteiger partial charge in [-0.1, -0.05) is 30.3 Å². The molecule has 1 aromatic carbocycles. The molecule has 2 heterocycles. The molecule has 3 aromatic rings. The van der Waals surface area contributed by atoms with Crippen molar-refractivity contribution in [3.05, 3.63) is 78.4 Å². The third-order valence-electron chi connectivity index (χ3n) is 4.63. The van der Waals surface area contributed by atoms with E-state index in [0.29, 0.717) is 5.92 Å². The third kappa shape index (κ3) is 3.57. The van der Waals surface area contributed by atoms with E-state index >= 15 is 0 Å². The smallest absolute Gasteiger partial charge is 0.244 e. The van der Waals surface area contributed by atoms with E-state index < -0.39 is 0 Å². The summed E-state index contributed by atoms with van der Waals surface area (Å²) in [5, 5.41) is 7.28. The summed E-state index contributed by atoms with van der Waals surface area (Å²) in [7, 11) is 1.88. The Hall–Kier alpha value is -3.21. The molecule has 0 aliphatic heterocycles. The number of hydrogen-bond acceptors (Lipinski definition) is 3. The summed E-state index contributed by atoms with van der Waals surface area (Å²) in [6, 6.07) is 12.5. The predicted molar refractivity (Wildman–Crippen MR) is 101 cm³/mol. The fraction of sp³-hybridized carbons (Fsp3) is 0.190. The number of aromatic nitrogens is 3. The number of carbonyl (C=O) groups is 1. The lowest BCUT2D eigenvalue weighted by Crippen LogP contribution is -2.24. The topological polar surface area (TPSA) is 59.8 Å². The Morgan fingerprint density at radius 3 is 2.85 bits per heavy atom. The van der Waals surface area contributed by atoms with Crippen molar-refractivity contribution in [2.45, 2.75) is 18.4 Å². The van der Waals surface area contributed by atoms with Gasteiger partial charge in [0.1, 0.15) is 0 Å². The fourth-order valence-electron chi connectivity index (χ4n) is 3.18. The summed E-state index contributed by atoms with van der Waals surface area (Å²) in [5.41, 5.74) is 4.19. The van der Waals surface area contributed by atoms with Crippen LogP contribution >= 0.6 is 0 Å². The SMILES string of the molecule is Cn1cc(-c2ccncc2C=CC(=O)NC2C[C@@H]2c2ccccc2)cn1. The van der Waals surface area contributed by atoms with Crippen LogP contribution in [-0.2, 0) is 11.8 Å². The highest BCUT2D eigenvalue weighted by atomic mass is 16.1. The number of rotatable bonds is 5. The molecule has 5 nitrogen and oxygen atoms in total. The van der Waals surface area contributed by atoms with Crippen LogP contribution in [0, 0.1) is 0 Å². The first kappa shape index (κ1) is 16.3. The van der Waals surface area contributed by atoms with E-state index in [1.54, 1.807) is 29.3 Å². The van der Waals surface area contributed by atoms with Gasteiger partial charge in [0, 0.05) is 54.8 Å². The van der Waals surface area contributed by atoms with Crippen LogP contribution in [0.25, 0.3) is 17.2 Å². The number of pyridine rings is 1. The van der Waals surface area contributed by atoms with E-state index in [2.05, 4.69) is 27.5 Å². The summed E-state index contributed by atoms with van der Waals surface area (Å²) in [5.74, 6) is 0.354. The molecule has 5 heteroatoms. The molecular formula is C21H20N4O. The molecule has 26 heavy (non-hydrogen) atoms. The number of nitrogens with zero attached hydrogens (tertiary/aromatic N) is 3. The molecule has 0 bridgehead atoms. The molecule has 130 valence electrons. The van der Waals surface area contributed by atoms with E-state index in [4.69, 9.17) is 0 Å². The summed E-state index contributed by atoms with van der Waals surface area (Å²) < 4.78 is 1.76. The summed E-state index contributed by atoms with van der Waals surface area (Å²) in [6.07, 6.45) is 11.6. The molecule has 1 N–H and O–H groups in total. The van der Waals surface area contributed by atoms with Crippen molar-refractivity contribution in [2.24, 2.45) is 7.05 Å². The average Bonchev–Trinajstić information content (AvgIpc) is 3.30. The van der Waals surface area contributed by atoms with Gasteiger partial charge in [-0.3, -0.25) is 14.5 Å². The van der Waals surface area contributed by atoms with Crippen LogP contribution in [0.3, 0.4) is 0 Å². The standard InChI is InChI=1S/C21H20N4O/c1-25-14-17(13-23-25)18-9-10-22-12-16(18)7-8-21(26)24-20-11-19(20)15-5-3-2-4-6-15/h2-10,12-14,19-20H,11H2,1H3,(H,24,26)/t19-,20?/m1/s1. The molecule has 1 amide bonds. The lowest BCUT2D eigenvalue weighted by atomic mass is 10.0. The highest BCUT2D eigenvalue weighted by Gasteiger charge is 2.38. The molecule has 1 aliphatic rings. The number of aryl methyl sites for hydroxylation is 1. The van der Waals surface area contributed by atoms with Crippen LogP contribution in [-0.4, -0.2) is 26.7 Å². The molecule has 2 atom stereocenters. The largest absolute Gasteiger partial charge is 0.349 e. The Balaban J connectivity index is 1.42. The Labute approximate surface area is 152 Å². The second-order valence-corrected chi connectivity index (χ2v) is 6.57. The van der Waals surface area contributed by atoms with Gasteiger partial charge in [0.2, 0.25) is 5.91 Å². The van der Waals surface area contributed by atoms with Gasteiger partial charge in [0.05, 0.1) is 6.20 Å². The maximum atomic E-state index is 12.3. The third-order valence-corrected chi connectivity index (χ3v) is 4.63. The molecule has 2 aromatic heterocycles. The van der Waals surface area contributed by atoms with Gasteiger partial charge in [-0.05, 0) is 29.7 Å². The van der Waals surface area contributed by atoms with E-state index in [-0.39, 0.29) is 11.9 Å². The fourth-order valence-corrected chi connectivity index (χ4v) is 3.18. The molecule has 0 saturated heterocycles. The van der Waals surface area contributed by atoms with Crippen LogP contribution in [0.15, 0.2) is 67.3 Å². The highest BCUT2D eigenvalue weighted by molar-refractivity contribution is 5.93. The number of carbonyl (C=O) groups excluding carboxylic acids is 1. The van der Waals surface area contributed by atoms with Crippen molar-refractivity contribution in [3.63, 3.8) is 0 Å². The van der Waals surface area contributed by atoms with Crippen molar-refractivity contribution in [3.8, 4) is 11.1 Å². The van der Waals surface area contributed by atoms with Crippen molar-refractivity contribution in [1.82, 2.24) is 20.1 Å². The Morgan fingerprint density at radius 2 is 2.08 bits per heavy atom. The van der Waals surface area contributed by atoms with E-state index in [1.165, 1.54) is 5.56 Å². The summed E-state index contributed by atoms with van der Waals surface area (Å²) in [6.45, 7) is 0. The molecule has 0 radical (unpaired) electrons. The maximum Gasteiger partial charge on any atom is 0.244 e. The van der Waals surface area contributed by atoms with Crippen LogP contribution in [0.4, 0.5) is 0 Å². The number of benzene rings is 1. The quantitative estimate of drug-likeness (QED) is 0.723. The lowest BCUT2D eigenvalue weighted by Gasteiger charge is -2.04. The monoisotopic (exact) mass is 344 g/mol. The number of amides is 1. The van der Waals surface area contributed by atoms with Gasteiger partial charge in [-0.2, -0.15) is 5.10 Å². The number of hydrogen-bond donors (Lipinski definition) is 1. The zero-order valence-corrected chi connectivity index (χ0v) is 14.5. The first-order valence-electron chi connectivity index (χ1n) is 8.67. The second-order valence-electron chi connectivity index (χ2n) is 6.57. The van der Waals surface area contributed by atoms with Crippen molar-refractivity contribution in [1.29, 1.82) is 0 Å². The van der Waals surface area contributed by atoms with Gasteiger partial charge in [-0.15, -0.1) is 0 Å². The average molecular weight is 344 g/mol.